The van der Waals surface area contributed by atoms with Crippen LogP contribution in [0.25, 0.3) is 0 Å². The molecule has 0 aromatic carbocycles. The summed E-state index contributed by atoms with van der Waals surface area (Å²) in [6, 6.07) is 0. The first kappa shape index (κ1) is 21.2. The lowest BCUT2D eigenvalue weighted by Crippen LogP contribution is -2.16. The summed E-state index contributed by atoms with van der Waals surface area (Å²) in [5, 5.41) is 0. The molecule has 0 aromatic rings. The molecule has 1 atom stereocenters. The maximum absolute atomic E-state index is 11.7. The highest BCUT2D eigenvalue weighted by Gasteiger charge is 2.28. The van der Waals surface area contributed by atoms with Crippen LogP contribution in [0.3, 0.4) is 0 Å². The molecule has 0 saturated heterocycles. The second-order valence-corrected chi connectivity index (χ2v) is 6.31. The molecule has 1 heterocycles. The van der Waals surface area contributed by atoms with Crippen LogP contribution in [0.5, 0.6) is 0 Å². The monoisotopic (exact) mass is 354 g/mol. The molecule has 6 nitrogen and oxygen atoms in total. The Morgan fingerprint density at radius 1 is 1.04 bits per heavy atom. The van der Waals surface area contributed by atoms with Gasteiger partial charge in [0.25, 0.3) is 6.29 Å². The molecule has 0 bridgehead atoms. The molecular formula is C19H30O6. The van der Waals surface area contributed by atoms with Crippen LogP contribution >= 0.6 is 0 Å². The summed E-state index contributed by atoms with van der Waals surface area (Å²) in [5.74, 6) is -1.49. The first-order chi connectivity index (χ1) is 12.0. The van der Waals surface area contributed by atoms with Crippen molar-refractivity contribution in [2.45, 2.75) is 84.3 Å². The highest BCUT2D eigenvalue weighted by Crippen LogP contribution is 2.16. The van der Waals surface area contributed by atoms with Gasteiger partial charge in [-0.25, -0.2) is 4.79 Å². The van der Waals surface area contributed by atoms with E-state index in [0.717, 1.165) is 19.3 Å². The number of unbranched alkanes of at least 4 members (excludes halogenated alkanes) is 8. The first-order valence-electron chi connectivity index (χ1n) is 9.27. The molecule has 0 spiro atoms. The Bertz CT molecular complexity index is 469. The molecule has 0 N–H and O–H groups in total. The van der Waals surface area contributed by atoms with E-state index >= 15 is 0 Å². The third-order valence-electron chi connectivity index (χ3n) is 3.98. The molecule has 0 aromatic heterocycles. The van der Waals surface area contributed by atoms with Gasteiger partial charge >= 0.3 is 17.9 Å². The van der Waals surface area contributed by atoms with Crippen LogP contribution in [0.2, 0.25) is 0 Å². The van der Waals surface area contributed by atoms with Gasteiger partial charge in [0, 0.05) is 19.4 Å². The fourth-order valence-corrected chi connectivity index (χ4v) is 2.59. The molecule has 1 aliphatic rings. The van der Waals surface area contributed by atoms with Gasteiger partial charge in [-0.3, -0.25) is 9.59 Å². The second-order valence-electron chi connectivity index (χ2n) is 6.31. The zero-order valence-electron chi connectivity index (χ0n) is 15.4. The van der Waals surface area contributed by atoms with Crippen molar-refractivity contribution in [2.24, 2.45) is 0 Å². The standard InChI is InChI=1S/C19H30O6/c1-3-4-5-6-7-8-9-10-11-12-17(21)23-14-16-13-18(24-15(2)20)25-19(16)22/h13,18H,3-12,14H2,1-2H3. The minimum absolute atomic E-state index is 0.146. The zero-order valence-corrected chi connectivity index (χ0v) is 15.4. The molecule has 0 aliphatic carbocycles. The zero-order chi connectivity index (χ0) is 18.5. The van der Waals surface area contributed by atoms with Crippen LogP contribution in [0, 0.1) is 0 Å². The number of rotatable bonds is 13. The molecule has 1 rings (SSSR count). The van der Waals surface area contributed by atoms with E-state index in [1.54, 1.807) is 0 Å². The van der Waals surface area contributed by atoms with Crippen LogP contribution < -0.4 is 0 Å². The van der Waals surface area contributed by atoms with E-state index in [1.165, 1.54) is 51.5 Å². The molecule has 1 unspecified atom stereocenters. The Balaban J connectivity index is 2.05. The predicted octanol–water partition coefficient (Wildman–Crippen LogP) is 3.82. The van der Waals surface area contributed by atoms with E-state index in [0.29, 0.717) is 6.42 Å². The first-order valence-corrected chi connectivity index (χ1v) is 9.27. The number of cyclic esters (lactones) is 1. The van der Waals surface area contributed by atoms with E-state index < -0.39 is 18.2 Å². The number of esters is 3. The summed E-state index contributed by atoms with van der Waals surface area (Å²) in [6.07, 6.45) is 11.3. The van der Waals surface area contributed by atoms with Crippen molar-refractivity contribution in [3.63, 3.8) is 0 Å². The minimum Gasteiger partial charge on any atom is -0.461 e. The average molecular weight is 354 g/mol. The number of carbonyl (C=O) groups is 3. The normalized spacial score (nSPS) is 16.3. The van der Waals surface area contributed by atoms with Crippen LogP contribution in [-0.4, -0.2) is 30.8 Å². The molecule has 1 aliphatic heterocycles. The van der Waals surface area contributed by atoms with Crippen molar-refractivity contribution in [2.75, 3.05) is 6.61 Å². The molecule has 0 fully saturated rings. The van der Waals surface area contributed by atoms with Gasteiger partial charge in [0.2, 0.25) is 0 Å². The van der Waals surface area contributed by atoms with E-state index in [1.807, 2.05) is 0 Å². The molecule has 142 valence electrons. The molecule has 0 saturated carbocycles. The van der Waals surface area contributed by atoms with Gasteiger partial charge in [0.1, 0.15) is 6.61 Å². The quantitative estimate of drug-likeness (QED) is 0.369. The molecule has 6 heteroatoms. The van der Waals surface area contributed by atoms with Crippen LogP contribution in [0.1, 0.15) is 78.1 Å². The molecule has 0 radical (unpaired) electrons. The lowest BCUT2D eigenvalue weighted by Gasteiger charge is -2.06. The third kappa shape index (κ3) is 9.89. The van der Waals surface area contributed by atoms with Crippen molar-refractivity contribution in [1.29, 1.82) is 0 Å². The van der Waals surface area contributed by atoms with Crippen LogP contribution in [0.15, 0.2) is 11.6 Å². The van der Waals surface area contributed by atoms with Gasteiger partial charge in [-0.1, -0.05) is 58.3 Å². The molecular weight excluding hydrogens is 324 g/mol. The summed E-state index contributed by atoms with van der Waals surface area (Å²) in [4.78, 5) is 34.0. The fraction of sp³-hybridized carbons (Fsp3) is 0.737. The van der Waals surface area contributed by atoms with Gasteiger partial charge in [0.15, 0.2) is 0 Å². The van der Waals surface area contributed by atoms with Crippen molar-refractivity contribution in [1.82, 2.24) is 0 Å². The van der Waals surface area contributed by atoms with Crippen molar-refractivity contribution in [3.8, 4) is 0 Å². The maximum atomic E-state index is 11.7. The Morgan fingerprint density at radius 2 is 1.64 bits per heavy atom. The summed E-state index contributed by atoms with van der Waals surface area (Å²) in [5.41, 5.74) is 0.201. The lowest BCUT2D eigenvalue weighted by atomic mass is 10.1. The largest absolute Gasteiger partial charge is 0.461 e. The van der Waals surface area contributed by atoms with Gasteiger partial charge < -0.3 is 14.2 Å². The SMILES string of the molecule is CCCCCCCCCCCC(=O)OCC1=CC(OC(C)=O)OC1=O. The lowest BCUT2D eigenvalue weighted by molar-refractivity contribution is -0.171. The summed E-state index contributed by atoms with van der Waals surface area (Å²) in [6.45, 7) is 3.29. The van der Waals surface area contributed by atoms with Crippen LogP contribution in [-0.2, 0) is 28.6 Å². The highest BCUT2D eigenvalue weighted by atomic mass is 16.7. The van der Waals surface area contributed by atoms with E-state index in [9.17, 15) is 14.4 Å². The number of hydrogen-bond acceptors (Lipinski definition) is 6. The van der Waals surface area contributed by atoms with Gasteiger partial charge in [-0.15, -0.1) is 0 Å². The van der Waals surface area contributed by atoms with E-state index in [2.05, 4.69) is 6.92 Å². The third-order valence-corrected chi connectivity index (χ3v) is 3.98. The Hall–Kier alpha value is -1.85. The van der Waals surface area contributed by atoms with Crippen molar-refractivity contribution in [3.05, 3.63) is 11.6 Å². The van der Waals surface area contributed by atoms with Gasteiger partial charge in [0.05, 0.1) is 5.57 Å². The average Bonchev–Trinajstić information content (AvgIpc) is 2.90. The molecule has 0 amide bonds. The van der Waals surface area contributed by atoms with Crippen molar-refractivity contribution < 1.29 is 28.6 Å². The number of ether oxygens (including phenoxy) is 3. The smallest absolute Gasteiger partial charge is 0.340 e. The Kier molecular flexibility index (Phi) is 10.6. The topological polar surface area (TPSA) is 78.9 Å². The predicted molar refractivity (Wildman–Crippen MR) is 92.5 cm³/mol. The fourth-order valence-electron chi connectivity index (χ4n) is 2.59. The summed E-state index contributed by atoms with van der Waals surface area (Å²) >= 11 is 0. The van der Waals surface area contributed by atoms with E-state index in [-0.39, 0.29) is 18.1 Å². The molecule has 25 heavy (non-hydrogen) atoms. The Morgan fingerprint density at radius 3 is 2.24 bits per heavy atom. The number of hydrogen-bond donors (Lipinski definition) is 0. The van der Waals surface area contributed by atoms with Crippen LogP contribution in [0.4, 0.5) is 0 Å². The number of carbonyl (C=O) groups excluding carboxylic acids is 3. The van der Waals surface area contributed by atoms with Crippen molar-refractivity contribution >= 4 is 17.9 Å². The van der Waals surface area contributed by atoms with Gasteiger partial charge in [-0.2, -0.15) is 0 Å². The van der Waals surface area contributed by atoms with Gasteiger partial charge in [-0.05, 0) is 6.42 Å². The minimum atomic E-state index is -1.02. The maximum Gasteiger partial charge on any atom is 0.340 e. The highest BCUT2D eigenvalue weighted by molar-refractivity contribution is 5.91. The van der Waals surface area contributed by atoms with E-state index in [4.69, 9.17) is 14.2 Å². The Labute approximate surface area is 149 Å². The summed E-state index contributed by atoms with van der Waals surface area (Å²) < 4.78 is 14.6. The summed E-state index contributed by atoms with van der Waals surface area (Å²) in [7, 11) is 0. The second kappa shape index (κ2) is 12.5.